The summed E-state index contributed by atoms with van der Waals surface area (Å²) in [6.45, 7) is 3.32. The van der Waals surface area contributed by atoms with E-state index in [-0.39, 0.29) is 52.7 Å². The van der Waals surface area contributed by atoms with Gasteiger partial charge in [0.15, 0.2) is 0 Å². The van der Waals surface area contributed by atoms with Crippen LogP contribution in [0, 0.1) is 13.8 Å². The van der Waals surface area contributed by atoms with Gasteiger partial charge in [-0.15, -0.1) is 21.6 Å². The summed E-state index contributed by atoms with van der Waals surface area (Å²) in [5.41, 5.74) is 1.66. The predicted octanol–water partition coefficient (Wildman–Crippen LogP) is 6.60. The van der Waals surface area contributed by atoms with Gasteiger partial charge in [0.1, 0.15) is 11.4 Å². The first-order valence-corrected chi connectivity index (χ1v) is 14.3. The van der Waals surface area contributed by atoms with Gasteiger partial charge in [-0.3, -0.25) is 9.59 Å². The van der Waals surface area contributed by atoms with Crippen LogP contribution in [0.5, 0.6) is 11.5 Å². The molecule has 0 N–H and O–H groups in total. The number of hydrogen-bond acceptors (Lipinski definition) is 8. The Kier molecular flexibility index (Phi) is 11.4. The van der Waals surface area contributed by atoms with Gasteiger partial charge in [-0.05, 0) is 48.5 Å². The van der Waals surface area contributed by atoms with E-state index in [4.69, 9.17) is 23.2 Å². The van der Waals surface area contributed by atoms with Crippen molar-refractivity contribution in [2.75, 3.05) is 0 Å². The molecule has 6 aromatic rings. The topological polar surface area (TPSA) is 168 Å². The third kappa shape index (κ3) is 8.15. The second-order valence-corrected chi connectivity index (χ2v) is 10.5. The summed E-state index contributed by atoms with van der Waals surface area (Å²) in [5, 5.41) is 47.9. The fraction of sp³-hybridized carbons (Fsp3) is 0.0625. The summed E-state index contributed by atoms with van der Waals surface area (Å²) in [5.74, 6) is -0.641. The van der Waals surface area contributed by atoms with E-state index in [1.807, 2.05) is 36.4 Å². The van der Waals surface area contributed by atoms with Gasteiger partial charge in [-0.2, -0.15) is 10.2 Å². The van der Waals surface area contributed by atoms with Crippen LogP contribution in [0.2, 0.25) is 10.0 Å². The molecule has 1 radical (unpaired) electrons. The Bertz CT molecular complexity index is 2030. The smallest absolute Gasteiger partial charge is 0.871 e. The van der Waals surface area contributed by atoms with Crippen LogP contribution in [0.15, 0.2) is 127 Å². The van der Waals surface area contributed by atoms with Crippen molar-refractivity contribution in [3.63, 3.8) is 0 Å². The number of rotatable bonds is 6. The fourth-order valence-electron chi connectivity index (χ4n) is 4.06. The van der Waals surface area contributed by atoms with E-state index < -0.39 is 11.1 Å². The van der Waals surface area contributed by atoms with Crippen molar-refractivity contribution >= 4 is 46.0 Å². The van der Waals surface area contributed by atoms with Gasteiger partial charge in [-0.1, -0.05) is 97.1 Å². The molecule has 0 fully saturated rings. The Balaban J connectivity index is 0.000000250. The fourth-order valence-corrected chi connectivity index (χ4v) is 4.39. The zero-order valence-electron chi connectivity index (χ0n) is 25.6. The Morgan fingerprint density at radius 2 is 0.957 bits per heavy atom. The molecule has 2 aromatic heterocycles. The summed E-state index contributed by atoms with van der Waals surface area (Å²) in [7, 11) is 0. The van der Waals surface area contributed by atoms with Gasteiger partial charge in [0.05, 0.1) is 11.4 Å². The van der Waals surface area contributed by atoms with Crippen molar-refractivity contribution in [3.05, 3.63) is 139 Å². The Morgan fingerprint density at radius 1 is 0.596 bits per heavy atom. The molecule has 237 valence electrons. The Morgan fingerprint density at radius 3 is 1.32 bits per heavy atom. The van der Waals surface area contributed by atoms with Crippen LogP contribution in [0.3, 0.4) is 0 Å². The number of benzene rings is 4. The number of aryl methyl sites for hydroxylation is 2. The van der Waals surface area contributed by atoms with E-state index in [0.29, 0.717) is 32.8 Å². The van der Waals surface area contributed by atoms with Crippen molar-refractivity contribution in [3.8, 4) is 22.9 Å². The average Bonchev–Trinajstić information content (AvgIpc) is 3.51. The molecule has 0 unspecified atom stereocenters. The van der Waals surface area contributed by atoms with Gasteiger partial charge in [0, 0.05) is 21.4 Å². The molecule has 0 bridgehead atoms. The third-order valence-corrected chi connectivity index (χ3v) is 6.80. The molecular formula is C32H23Cl2FeN8O4. The van der Waals surface area contributed by atoms with Gasteiger partial charge in [0.2, 0.25) is 0 Å². The number of azo groups is 2. The molecular weight excluding hydrogens is 687 g/mol. The molecule has 2 heterocycles. The van der Waals surface area contributed by atoms with Crippen LogP contribution in [-0.2, 0) is 17.1 Å². The molecule has 0 aliphatic rings. The monoisotopic (exact) mass is 709 g/mol. The van der Waals surface area contributed by atoms with Crippen molar-refractivity contribution in [2.45, 2.75) is 13.8 Å². The van der Waals surface area contributed by atoms with Crippen LogP contribution in [0.4, 0.5) is 22.7 Å². The van der Waals surface area contributed by atoms with Gasteiger partial charge < -0.3 is 29.8 Å². The van der Waals surface area contributed by atoms with Crippen molar-refractivity contribution in [2.24, 2.45) is 20.5 Å². The van der Waals surface area contributed by atoms with Crippen LogP contribution in [0.25, 0.3) is 11.4 Å². The molecule has 0 aliphatic heterocycles. The molecule has 15 heteroatoms. The van der Waals surface area contributed by atoms with E-state index in [1.54, 1.807) is 38.1 Å². The summed E-state index contributed by atoms with van der Waals surface area (Å²) < 4.78 is 2.50. The molecule has 0 spiro atoms. The molecule has 0 aliphatic carbocycles. The molecule has 47 heavy (non-hydrogen) atoms. The molecule has 0 saturated carbocycles. The number of halogens is 2. The second-order valence-electron chi connectivity index (χ2n) is 9.60. The average molecular weight is 710 g/mol. The molecule has 0 saturated heterocycles. The number of para-hydroxylation sites is 2. The minimum atomic E-state index is -0.396. The first kappa shape index (κ1) is 34.7. The first-order valence-electron chi connectivity index (χ1n) is 13.5. The first-order chi connectivity index (χ1) is 22.1. The summed E-state index contributed by atoms with van der Waals surface area (Å²) in [6.07, 6.45) is 0. The maximum Gasteiger partial charge on any atom is 3.00 e. The Labute approximate surface area is 289 Å². The van der Waals surface area contributed by atoms with Gasteiger partial charge >= 0.3 is 18.5 Å². The maximum atomic E-state index is 12.4. The second kappa shape index (κ2) is 15.4. The SMILES string of the molecule is Cc1[n-]n(-c2ccccc2)c(=O)c1N=Nc1cc(Cl)ccc1[O-].Cc1[n-]n(-c2ccccc2)c(=O)c1N=Nc1cc(Cl)ccc1[O-].[Fe+3].[H+]. The molecule has 12 nitrogen and oxygen atoms in total. The predicted molar refractivity (Wildman–Crippen MR) is 171 cm³/mol. The van der Waals surface area contributed by atoms with Crippen molar-refractivity contribution < 1.29 is 28.7 Å². The van der Waals surface area contributed by atoms with E-state index in [1.165, 1.54) is 45.8 Å². The standard InChI is InChI=1S/2C16H13ClN4O2.Fe/c2*1-10-15(19-18-13-9-11(17)7-8-14(13)22)16(23)21(20-10)12-5-3-2-4-6-12;/h2*2-9H,1H3,(H2,18,19,20,22,23);/q;;+3/p-3. The normalized spacial score (nSPS) is 11.0. The zero-order chi connectivity index (χ0) is 32.8. The summed E-state index contributed by atoms with van der Waals surface area (Å²) in [4.78, 5) is 24.8. The number of aromatic nitrogens is 4. The molecule has 4 aromatic carbocycles. The van der Waals surface area contributed by atoms with Crippen molar-refractivity contribution in [1.82, 2.24) is 19.6 Å². The van der Waals surface area contributed by atoms with E-state index in [9.17, 15) is 19.8 Å². The Hall–Kier alpha value is -5.20. The van der Waals surface area contributed by atoms with E-state index in [2.05, 4.69) is 30.7 Å². The van der Waals surface area contributed by atoms with Crippen LogP contribution in [0.1, 0.15) is 12.8 Å². The number of hydrogen-bond donors (Lipinski definition) is 0. The van der Waals surface area contributed by atoms with E-state index >= 15 is 0 Å². The largest absolute Gasteiger partial charge is 3.00 e. The van der Waals surface area contributed by atoms with Gasteiger partial charge in [-0.25, -0.2) is 0 Å². The molecule has 0 atom stereocenters. The minimum absolute atomic E-state index is 0. The van der Waals surface area contributed by atoms with Crippen molar-refractivity contribution in [1.29, 1.82) is 0 Å². The zero-order valence-corrected chi connectivity index (χ0v) is 27.2. The third-order valence-electron chi connectivity index (χ3n) is 6.33. The van der Waals surface area contributed by atoms with Crippen LogP contribution < -0.4 is 31.5 Å². The maximum absolute atomic E-state index is 12.4. The summed E-state index contributed by atoms with van der Waals surface area (Å²) in [6, 6.07) is 26.3. The minimum Gasteiger partial charge on any atom is -0.871 e. The number of nitrogens with zero attached hydrogens (tertiary/aromatic N) is 8. The molecule has 0 amide bonds. The van der Waals surface area contributed by atoms with Crippen LogP contribution in [-0.4, -0.2) is 9.36 Å². The van der Waals surface area contributed by atoms with E-state index in [0.717, 1.165) is 0 Å². The van der Waals surface area contributed by atoms with Crippen LogP contribution >= 0.6 is 23.2 Å². The molecule has 6 rings (SSSR count). The summed E-state index contributed by atoms with van der Waals surface area (Å²) >= 11 is 11.7. The van der Waals surface area contributed by atoms with Gasteiger partial charge in [0.25, 0.3) is 11.1 Å². The quantitative estimate of drug-likeness (QED) is 0.139.